The monoisotopic (exact) mass is 389 g/mol. The van der Waals surface area contributed by atoms with Crippen molar-refractivity contribution in [3.63, 3.8) is 0 Å². The summed E-state index contributed by atoms with van der Waals surface area (Å²) in [7, 11) is 0. The number of anilines is 2. The van der Waals surface area contributed by atoms with Crippen LogP contribution in [-0.4, -0.2) is 10.1 Å². The maximum Gasteiger partial charge on any atom is 0.243 e. The van der Waals surface area contributed by atoms with Crippen molar-refractivity contribution >= 4 is 51.9 Å². The van der Waals surface area contributed by atoms with E-state index in [1.54, 1.807) is 30.5 Å². The molecule has 0 bridgehead atoms. The lowest BCUT2D eigenvalue weighted by molar-refractivity contribution is 0.465. The van der Waals surface area contributed by atoms with Crippen LogP contribution < -0.4 is 15.4 Å². The van der Waals surface area contributed by atoms with Crippen LogP contribution in [0.15, 0.2) is 66.9 Å². The van der Waals surface area contributed by atoms with E-state index in [1.807, 2.05) is 36.4 Å². The van der Waals surface area contributed by atoms with E-state index in [2.05, 4.69) is 15.6 Å². The maximum atomic E-state index is 6.14. The molecule has 0 saturated heterocycles. The van der Waals surface area contributed by atoms with Gasteiger partial charge in [-0.15, -0.1) is 0 Å². The zero-order chi connectivity index (χ0) is 17.6. The van der Waals surface area contributed by atoms with Gasteiger partial charge in [0.1, 0.15) is 11.4 Å². The van der Waals surface area contributed by atoms with E-state index < -0.39 is 0 Å². The summed E-state index contributed by atoms with van der Waals surface area (Å²) < 4.78 is 5.80. The van der Waals surface area contributed by atoms with Gasteiger partial charge >= 0.3 is 0 Å². The Morgan fingerprint density at radius 2 is 1.68 bits per heavy atom. The van der Waals surface area contributed by atoms with Crippen molar-refractivity contribution in [1.29, 1.82) is 0 Å². The third-order valence-electron chi connectivity index (χ3n) is 3.16. The number of thiocarbonyl (C=S) groups is 1. The maximum absolute atomic E-state index is 6.14. The highest BCUT2D eigenvalue weighted by atomic mass is 35.5. The Hall–Kier alpha value is -2.34. The van der Waals surface area contributed by atoms with Gasteiger partial charge in [0.25, 0.3) is 0 Å². The molecule has 2 aromatic carbocycles. The molecule has 0 aliphatic rings. The number of nitrogens with one attached hydrogen (secondary N) is 2. The number of halogens is 2. The normalized spacial score (nSPS) is 10.2. The molecule has 7 heteroatoms. The van der Waals surface area contributed by atoms with Crippen molar-refractivity contribution in [1.82, 2.24) is 4.98 Å². The molecular weight excluding hydrogens is 377 g/mol. The number of hydrogen-bond donors (Lipinski definition) is 2. The third kappa shape index (κ3) is 4.82. The van der Waals surface area contributed by atoms with Crippen LogP contribution in [-0.2, 0) is 0 Å². The highest BCUT2D eigenvalue weighted by Crippen LogP contribution is 2.28. The lowest BCUT2D eigenvalue weighted by atomic mass is 10.3. The molecular formula is C18H13Cl2N3OS. The second-order valence-electron chi connectivity index (χ2n) is 4.97. The number of pyridine rings is 1. The van der Waals surface area contributed by atoms with E-state index in [4.69, 9.17) is 40.2 Å². The molecule has 25 heavy (non-hydrogen) atoms. The second-order valence-corrected chi connectivity index (χ2v) is 6.23. The zero-order valence-corrected chi connectivity index (χ0v) is 15.2. The molecule has 1 heterocycles. The number of para-hydroxylation sites is 1. The summed E-state index contributed by atoms with van der Waals surface area (Å²) in [6.07, 6.45) is 1.65. The van der Waals surface area contributed by atoms with Crippen LogP contribution in [0.4, 0.5) is 11.4 Å². The molecule has 0 amide bonds. The van der Waals surface area contributed by atoms with Crippen LogP contribution in [0.2, 0.25) is 10.0 Å². The summed E-state index contributed by atoms with van der Waals surface area (Å²) >= 11 is 17.4. The summed E-state index contributed by atoms with van der Waals surface area (Å²) in [6.45, 7) is 0. The Kier molecular flexibility index (Phi) is 5.71. The van der Waals surface area contributed by atoms with Gasteiger partial charge in [0.05, 0.1) is 10.7 Å². The fourth-order valence-electron chi connectivity index (χ4n) is 2.03. The van der Waals surface area contributed by atoms with Gasteiger partial charge in [0, 0.05) is 11.2 Å². The molecule has 0 spiro atoms. The van der Waals surface area contributed by atoms with Crippen LogP contribution >= 0.6 is 35.4 Å². The SMILES string of the molecule is S=C(Nc1ccc(Cl)cc1Cl)Nc1cccnc1Oc1ccccc1. The van der Waals surface area contributed by atoms with Gasteiger partial charge in [-0.2, -0.15) is 0 Å². The van der Waals surface area contributed by atoms with Crippen molar-refractivity contribution in [3.05, 3.63) is 76.9 Å². The number of hydrogen-bond acceptors (Lipinski definition) is 3. The quantitative estimate of drug-likeness (QED) is 0.536. The first kappa shape index (κ1) is 17.5. The number of aromatic nitrogens is 1. The fourth-order valence-corrected chi connectivity index (χ4v) is 2.71. The first-order valence-corrected chi connectivity index (χ1v) is 8.49. The van der Waals surface area contributed by atoms with Gasteiger partial charge < -0.3 is 15.4 Å². The Morgan fingerprint density at radius 3 is 2.44 bits per heavy atom. The van der Waals surface area contributed by atoms with Crippen LogP contribution in [0.25, 0.3) is 0 Å². The Bertz CT molecular complexity index is 890. The molecule has 0 unspecified atom stereocenters. The highest BCUT2D eigenvalue weighted by molar-refractivity contribution is 7.80. The molecule has 0 saturated carbocycles. The van der Waals surface area contributed by atoms with Crippen LogP contribution in [0.5, 0.6) is 11.6 Å². The minimum absolute atomic E-state index is 0.357. The van der Waals surface area contributed by atoms with Crippen molar-refractivity contribution in [2.45, 2.75) is 0 Å². The van der Waals surface area contributed by atoms with E-state index in [9.17, 15) is 0 Å². The summed E-state index contributed by atoms with van der Waals surface area (Å²) in [5, 5.41) is 7.47. The van der Waals surface area contributed by atoms with E-state index in [0.717, 1.165) is 0 Å². The van der Waals surface area contributed by atoms with Crippen LogP contribution in [0, 0.1) is 0 Å². The molecule has 1 aromatic heterocycles. The topological polar surface area (TPSA) is 46.2 Å². The van der Waals surface area contributed by atoms with Gasteiger partial charge in [-0.1, -0.05) is 41.4 Å². The molecule has 2 N–H and O–H groups in total. The fraction of sp³-hybridized carbons (Fsp3) is 0. The van der Waals surface area contributed by atoms with Gasteiger partial charge in [-0.05, 0) is 54.7 Å². The van der Waals surface area contributed by atoms with Crippen molar-refractivity contribution in [3.8, 4) is 11.6 Å². The van der Waals surface area contributed by atoms with Crippen molar-refractivity contribution in [2.75, 3.05) is 10.6 Å². The average Bonchev–Trinajstić information content (AvgIpc) is 2.60. The lowest BCUT2D eigenvalue weighted by Gasteiger charge is -2.14. The molecule has 126 valence electrons. The van der Waals surface area contributed by atoms with E-state index in [1.165, 1.54) is 0 Å². The van der Waals surface area contributed by atoms with E-state index >= 15 is 0 Å². The number of nitrogens with zero attached hydrogens (tertiary/aromatic N) is 1. The predicted molar refractivity (Wildman–Crippen MR) is 107 cm³/mol. The third-order valence-corrected chi connectivity index (χ3v) is 3.91. The van der Waals surface area contributed by atoms with Crippen LogP contribution in [0.1, 0.15) is 0 Å². The van der Waals surface area contributed by atoms with Gasteiger partial charge in [-0.3, -0.25) is 0 Å². The predicted octanol–water partition coefficient (Wildman–Crippen LogP) is 5.99. The second kappa shape index (κ2) is 8.16. The first-order valence-electron chi connectivity index (χ1n) is 7.33. The first-order chi connectivity index (χ1) is 12.1. The van der Waals surface area contributed by atoms with Crippen molar-refractivity contribution in [2.24, 2.45) is 0 Å². The molecule has 3 aromatic rings. The molecule has 3 rings (SSSR count). The molecule has 0 radical (unpaired) electrons. The smallest absolute Gasteiger partial charge is 0.243 e. The van der Waals surface area contributed by atoms with Crippen LogP contribution in [0.3, 0.4) is 0 Å². The number of benzene rings is 2. The Balaban J connectivity index is 1.73. The molecule has 0 aliphatic heterocycles. The van der Waals surface area contributed by atoms with Gasteiger partial charge in [0.15, 0.2) is 5.11 Å². The van der Waals surface area contributed by atoms with E-state index in [-0.39, 0.29) is 0 Å². The summed E-state index contributed by atoms with van der Waals surface area (Å²) in [5.41, 5.74) is 1.28. The minimum atomic E-state index is 0.357. The Morgan fingerprint density at radius 1 is 0.920 bits per heavy atom. The highest BCUT2D eigenvalue weighted by Gasteiger charge is 2.09. The summed E-state index contributed by atoms with van der Waals surface area (Å²) in [6, 6.07) is 18.1. The van der Waals surface area contributed by atoms with Gasteiger partial charge in [-0.25, -0.2) is 4.98 Å². The molecule has 0 atom stereocenters. The Labute approximate surface area is 160 Å². The summed E-state index contributed by atoms with van der Waals surface area (Å²) in [5.74, 6) is 1.10. The van der Waals surface area contributed by atoms with Crippen molar-refractivity contribution < 1.29 is 4.74 Å². The van der Waals surface area contributed by atoms with Gasteiger partial charge in [0.2, 0.25) is 5.88 Å². The lowest BCUT2D eigenvalue weighted by Crippen LogP contribution is -2.19. The molecule has 0 aliphatic carbocycles. The largest absolute Gasteiger partial charge is 0.437 e. The molecule has 0 fully saturated rings. The number of ether oxygens (including phenoxy) is 1. The minimum Gasteiger partial charge on any atom is -0.437 e. The zero-order valence-electron chi connectivity index (χ0n) is 12.9. The summed E-state index contributed by atoms with van der Waals surface area (Å²) in [4.78, 5) is 4.25. The average molecular weight is 390 g/mol. The standard InChI is InChI=1S/C18H13Cl2N3OS/c19-12-8-9-15(14(20)11-12)22-18(25)23-16-7-4-10-21-17(16)24-13-5-2-1-3-6-13/h1-11H,(H2,22,23,25). The van der Waals surface area contributed by atoms with E-state index in [0.29, 0.717) is 38.2 Å². The molecule has 4 nitrogen and oxygen atoms in total. The number of rotatable bonds is 4.